The summed E-state index contributed by atoms with van der Waals surface area (Å²) in [6, 6.07) is 10.6. The summed E-state index contributed by atoms with van der Waals surface area (Å²) in [6.07, 6.45) is 0.470. The van der Waals surface area contributed by atoms with Crippen molar-refractivity contribution in [3.8, 4) is 6.07 Å². The standard InChI is InChI=1S/C19H23N5O/c1-13-14(2)22-23-19(18(13)9-20)21-10-17(25)12-24-8-7-15-5-3-4-6-16(15)11-24/h3-6,17,25H,7-8,10-12H2,1-2H3,(H,21,23)/t17-/m0/s1. The van der Waals surface area contributed by atoms with Gasteiger partial charge in [-0.05, 0) is 37.0 Å². The summed E-state index contributed by atoms with van der Waals surface area (Å²) in [4.78, 5) is 2.26. The fourth-order valence-corrected chi connectivity index (χ4v) is 3.16. The van der Waals surface area contributed by atoms with Crippen LogP contribution in [0.3, 0.4) is 0 Å². The van der Waals surface area contributed by atoms with Crippen molar-refractivity contribution >= 4 is 5.82 Å². The molecular weight excluding hydrogens is 314 g/mol. The maximum Gasteiger partial charge on any atom is 0.167 e. The van der Waals surface area contributed by atoms with E-state index in [4.69, 9.17) is 0 Å². The predicted octanol–water partition coefficient (Wildman–Crippen LogP) is 1.80. The molecular formula is C19H23N5O. The van der Waals surface area contributed by atoms with E-state index in [-0.39, 0.29) is 0 Å². The second-order valence-corrected chi connectivity index (χ2v) is 6.53. The Balaban J connectivity index is 1.57. The first-order valence-electron chi connectivity index (χ1n) is 8.53. The van der Waals surface area contributed by atoms with E-state index in [1.807, 2.05) is 13.8 Å². The third kappa shape index (κ3) is 3.95. The van der Waals surface area contributed by atoms with E-state index in [0.717, 1.165) is 30.8 Å². The molecule has 0 radical (unpaired) electrons. The van der Waals surface area contributed by atoms with Crippen LogP contribution in [0.1, 0.15) is 27.9 Å². The van der Waals surface area contributed by atoms with E-state index in [1.54, 1.807) is 0 Å². The lowest BCUT2D eigenvalue weighted by molar-refractivity contribution is 0.114. The fraction of sp³-hybridized carbons (Fsp3) is 0.421. The van der Waals surface area contributed by atoms with Gasteiger partial charge in [0.1, 0.15) is 11.6 Å². The summed E-state index contributed by atoms with van der Waals surface area (Å²) < 4.78 is 0. The zero-order chi connectivity index (χ0) is 17.8. The number of aryl methyl sites for hydroxylation is 1. The molecule has 6 heteroatoms. The zero-order valence-corrected chi connectivity index (χ0v) is 14.7. The Morgan fingerprint density at radius 2 is 2.04 bits per heavy atom. The van der Waals surface area contributed by atoms with Crippen LogP contribution in [0.2, 0.25) is 0 Å². The van der Waals surface area contributed by atoms with Crippen molar-refractivity contribution in [1.82, 2.24) is 15.1 Å². The minimum absolute atomic E-state index is 0.337. The van der Waals surface area contributed by atoms with Gasteiger partial charge in [-0.2, -0.15) is 10.4 Å². The van der Waals surface area contributed by atoms with Crippen LogP contribution >= 0.6 is 0 Å². The van der Waals surface area contributed by atoms with Gasteiger partial charge in [-0.3, -0.25) is 4.90 Å². The number of benzene rings is 1. The van der Waals surface area contributed by atoms with E-state index in [0.29, 0.717) is 24.5 Å². The number of aliphatic hydroxyl groups excluding tert-OH is 1. The van der Waals surface area contributed by atoms with E-state index in [1.165, 1.54) is 11.1 Å². The molecule has 1 aromatic heterocycles. The number of nitrogens with zero attached hydrogens (tertiary/aromatic N) is 4. The van der Waals surface area contributed by atoms with Gasteiger partial charge in [0.25, 0.3) is 0 Å². The molecule has 25 heavy (non-hydrogen) atoms. The zero-order valence-electron chi connectivity index (χ0n) is 14.7. The molecule has 3 rings (SSSR count). The first-order valence-corrected chi connectivity index (χ1v) is 8.53. The number of rotatable bonds is 5. The summed E-state index contributed by atoms with van der Waals surface area (Å²) in [5, 5.41) is 30.8. The topological polar surface area (TPSA) is 85.1 Å². The third-order valence-electron chi connectivity index (χ3n) is 4.75. The Labute approximate surface area is 148 Å². The van der Waals surface area contributed by atoms with Crippen LogP contribution in [0.15, 0.2) is 24.3 Å². The van der Waals surface area contributed by atoms with Crippen molar-refractivity contribution in [1.29, 1.82) is 5.26 Å². The van der Waals surface area contributed by atoms with Crippen LogP contribution < -0.4 is 5.32 Å². The Morgan fingerprint density at radius 1 is 1.28 bits per heavy atom. The van der Waals surface area contributed by atoms with Crippen molar-refractivity contribution < 1.29 is 5.11 Å². The summed E-state index contributed by atoms with van der Waals surface area (Å²) >= 11 is 0. The molecule has 0 fully saturated rings. The fourth-order valence-electron chi connectivity index (χ4n) is 3.16. The molecule has 0 amide bonds. The van der Waals surface area contributed by atoms with Crippen LogP contribution in [0.4, 0.5) is 5.82 Å². The smallest absolute Gasteiger partial charge is 0.167 e. The molecule has 2 N–H and O–H groups in total. The molecule has 0 unspecified atom stereocenters. The van der Waals surface area contributed by atoms with Gasteiger partial charge in [0.15, 0.2) is 5.82 Å². The number of fused-ring (bicyclic) bond motifs is 1. The van der Waals surface area contributed by atoms with Gasteiger partial charge in [-0.1, -0.05) is 24.3 Å². The number of nitriles is 1. The van der Waals surface area contributed by atoms with Crippen LogP contribution in [0, 0.1) is 25.2 Å². The molecule has 1 aliphatic heterocycles. The number of aliphatic hydroxyl groups is 1. The number of β-amino-alcohol motifs (C(OH)–C–C–N with tert-alkyl or cyclic N) is 1. The maximum absolute atomic E-state index is 10.4. The van der Waals surface area contributed by atoms with Gasteiger partial charge in [0.05, 0.1) is 11.8 Å². The summed E-state index contributed by atoms with van der Waals surface area (Å²) in [7, 11) is 0. The van der Waals surface area contributed by atoms with Gasteiger partial charge >= 0.3 is 0 Å². The largest absolute Gasteiger partial charge is 0.390 e. The van der Waals surface area contributed by atoms with Crippen molar-refractivity contribution in [3.05, 3.63) is 52.2 Å². The van der Waals surface area contributed by atoms with Crippen LogP contribution in [0.5, 0.6) is 0 Å². The number of hydrogen-bond donors (Lipinski definition) is 2. The highest BCUT2D eigenvalue weighted by Gasteiger charge is 2.19. The molecule has 0 saturated carbocycles. The molecule has 0 spiro atoms. The second-order valence-electron chi connectivity index (χ2n) is 6.53. The van der Waals surface area contributed by atoms with Crippen LogP contribution in [-0.4, -0.2) is 45.9 Å². The lowest BCUT2D eigenvalue weighted by Gasteiger charge is -2.30. The quantitative estimate of drug-likeness (QED) is 0.865. The Bertz CT molecular complexity index is 799. The molecule has 130 valence electrons. The van der Waals surface area contributed by atoms with Gasteiger partial charge in [-0.15, -0.1) is 5.10 Å². The highest BCUT2D eigenvalue weighted by molar-refractivity contribution is 5.55. The average molecular weight is 337 g/mol. The lowest BCUT2D eigenvalue weighted by atomic mass is 10.00. The predicted molar refractivity (Wildman–Crippen MR) is 96.1 cm³/mol. The third-order valence-corrected chi connectivity index (χ3v) is 4.75. The molecule has 2 heterocycles. The van der Waals surface area contributed by atoms with Crippen molar-refractivity contribution in [2.45, 2.75) is 32.9 Å². The van der Waals surface area contributed by atoms with E-state index in [9.17, 15) is 10.4 Å². The Hall–Kier alpha value is -2.49. The first kappa shape index (κ1) is 17.3. The average Bonchev–Trinajstić information content (AvgIpc) is 2.62. The molecule has 0 saturated heterocycles. The highest BCUT2D eigenvalue weighted by Crippen LogP contribution is 2.19. The van der Waals surface area contributed by atoms with Gasteiger partial charge < -0.3 is 10.4 Å². The van der Waals surface area contributed by atoms with E-state index < -0.39 is 6.10 Å². The number of anilines is 1. The minimum Gasteiger partial charge on any atom is -0.390 e. The molecule has 2 aromatic rings. The minimum atomic E-state index is -0.541. The molecule has 1 aromatic carbocycles. The van der Waals surface area contributed by atoms with Crippen LogP contribution in [0.25, 0.3) is 0 Å². The van der Waals surface area contributed by atoms with Crippen molar-refractivity contribution in [2.24, 2.45) is 0 Å². The normalized spacial score (nSPS) is 15.3. The lowest BCUT2D eigenvalue weighted by Crippen LogP contribution is -2.39. The second kappa shape index (κ2) is 7.60. The van der Waals surface area contributed by atoms with E-state index >= 15 is 0 Å². The summed E-state index contributed by atoms with van der Waals surface area (Å²) in [5.74, 6) is 0.439. The number of nitrogens with one attached hydrogen (secondary N) is 1. The molecule has 1 atom stereocenters. The first-order chi connectivity index (χ1) is 12.1. The monoisotopic (exact) mass is 337 g/mol. The number of hydrogen-bond acceptors (Lipinski definition) is 6. The summed E-state index contributed by atoms with van der Waals surface area (Å²) in [6.45, 7) is 6.41. The van der Waals surface area contributed by atoms with Crippen molar-refractivity contribution in [2.75, 3.05) is 25.0 Å². The molecule has 0 bridgehead atoms. The molecule has 0 aliphatic carbocycles. The maximum atomic E-state index is 10.4. The summed E-state index contributed by atoms with van der Waals surface area (Å²) in [5.41, 5.74) is 4.79. The molecule has 1 aliphatic rings. The van der Waals surface area contributed by atoms with Crippen LogP contribution in [-0.2, 0) is 13.0 Å². The Morgan fingerprint density at radius 3 is 2.80 bits per heavy atom. The highest BCUT2D eigenvalue weighted by atomic mass is 16.3. The van der Waals surface area contributed by atoms with E-state index in [2.05, 4.69) is 50.7 Å². The van der Waals surface area contributed by atoms with Crippen molar-refractivity contribution in [3.63, 3.8) is 0 Å². The Kier molecular flexibility index (Phi) is 5.27. The molecule has 6 nitrogen and oxygen atoms in total. The SMILES string of the molecule is Cc1nnc(NC[C@H](O)CN2CCc3ccccc3C2)c(C#N)c1C. The van der Waals surface area contributed by atoms with Gasteiger partial charge in [-0.25, -0.2) is 0 Å². The van der Waals surface area contributed by atoms with Gasteiger partial charge in [0, 0.05) is 26.2 Å². The number of aromatic nitrogens is 2. The van der Waals surface area contributed by atoms with Gasteiger partial charge in [0.2, 0.25) is 0 Å².